The first-order valence-electron chi connectivity index (χ1n) is 8.60. The average Bonchev–Trinajstić information content (AvgIpc) is 2.67. The second-order valence-corrected chi connectivity index (χ2v) is 6.92. The first-order valence-corrected chi connectivity index (χ1v) is 8.60. The summed E-state index contributed by atoms with van der Waals surface area (Å²) in [5, 5.41) is 2.92. The summed E-state index contributed by atoms with van der Waals surface area (Å²) in [6.07, 6.45) is 5.41. The number of nitrogens with zero attached hydrogens (tertiary/aromatic N) is 2. The van der Waals surface area contributed by atoms with Gasteiger partial charge in [0.05, 0.1) is 17.1 Å². The number of rotatable bonds is 4. The normalized spacial score (nSPS) is 14.9. The van der Waals surface area contributed by atoms with Crippen molar-refractivity contribution in [2.45, 2.75) is 58.5 Å². The van der Waals surface area contributed by atoms with E-state index in [0.717, 1.165) is 35.5 Å². The van der Waals surface area contributed by atoms with E-state index in [1.807, 2.05) is 12.1 Å². The van der Waals surface area contributed by atoms with E-state index in [1.165, 1.54) is 19.3 Å². The number of nitrogens with one attached hydrogen (secondary N) is 1. The summed E-state index contributed by atoms with van der Waals surface area (Å²) < 4.78 is 2.32. The summed E-state index contributed by atoms with van der Waals surface area (Å²) in [6, 6.07) is 5.49. The fourth-order valence-corrected chi connectivity index (χ4v) is 3.28. The van der Waals surface area contributed by atoms with Crippen LogP contribution in [0.3, 0.4) is 0 Å². The van der Waals surface area contributed by atoms with Gasteiger partial charge in [0.15, 0.2) is 0 Å². The number of hydrogen-bond acceptors (Lipinski definition) is 3. The zero-order chi connectivity index (χ0) is 16.4. The molecule has 140 valence electrons. The highest BCUT2D eigenvalue weighted by molar-refractivity contribution is 5.96. The van der Waals surface area contributed by atoms with Gasteiger partial charge in [-0.05, 0) is 43.4 Å². The Bertz CT molecular complexity index is 714. The van der Waals surface area contributed by atoms with Crippen molar-refractivity contribution < 1.29 is 4.79 Å². The van der Waals surface area contributed by atoms with E-state index in [9.17, 15) is 4.79 Å². The minimum Gasteiger partial charge on any atom is -0.328 e. The fraction of sp³-hybridized carbons (Fsp3) is 0.556. The number of aromatic nitrogens is 2. The molecule has 0 saturated carbocycles. The van der Waals surface area contributed by atoms with Gasteiger partial charge in [-0.2, -0.15) is 0 Å². The third kappa shape index (κ3) is 5.09. The van der Waals surface area contributed by atoms with Crippen LogP contribution in [0.25, 0.3) is 11.0 Å². The molecule has 7 heteroatoms. The van der Waals surface area contributed by atoms with Crippen molar-refractivity contribution in [3.8, 4) is 0 Å². The highest BCUT2D eigenvalue weighted by Crippen LogP contribution is 2.24. The zero-order valence-corrected chi connectivity index (χ0v) is 16.5. The van der Waals surface area contributed by atoms with Crippen LogP contribution in [0.5, 0.6) is 0 Å². The van der Waals surface area contributed by atoms with E-state index in [2.05, 4.69) is 29.8 Å². The number of amides is 1. The first kappa shape index (κ1) is 21.7. The lowest BCUT2D eigenvalue weighted by Crippen LogP contribution is -2.36. The zero-order valence-electron chi connectivity index (χ0n) is 14.8. The topological polar surface area (TPSA) is 72.9 Å². The Hall–Kier alpha value is -1.30. The standard InChI is InChI=1S/C18H26N4O.2ClH/c1-12(2)10-14(19)18(23)20-13-7-8-16-15(11-13)21-17-6-4-3-5-9-22(16)17;;/h7-8,11-12,14H,3-6,9-10,19H2,1-2H3,(H,20,23);2*1H/t14-;;/m0../s1. The molecule has 1 aliphatic rings. The molecule has 0 bridgehead atoms. The number of fused-ring (bicyclic) bond motifs is 3. The number of anilines is 1. The van der Waals surface area contributed by atoms with E-state index in [-0.39, 0.29) is 30.7 Å². The van der Waals surface area contributed by atoms with Crippen molar-refractivity contribution in [3.05, 3.63) is 24.0 Å². The van der Waals surface area contributed by atoms with Gasteiger partial charge in [0.2, 0.25) is 5.91 Å². The number of imidazole rings is 1. The summed E-state index contributed by atoms with van der Waals surface area (Å²) in [6.45, 7) is 5.17. The van der Waals surface area contributed by atoms with Crippen molar-refractivity contribution in [3.63, 3.8) is 0 Å². The molecule has 25 heavy (non-hydrogen) atoms. The van der Waals surface area contributed by atoms with Gasteiger partial charge < -0.3 is 15.6 Å². The average molecular weight is 387 g/mol. The summed E-state index contributed by atoms with van der Waals surface area (Å²) in [7, 11) is 0. The Morgan fingerprint density at radius 1 is 1.28 bits per heavy atom. The molecule has 1 atom stereocenters. The molecule has 0 unspecified atom stereocenters. The number of nitrogens with two attached hydrogens (primary N) is 1. The van der Waals surface area contributed by atoms with Crippen LogP contribution in [0.15, 0.2) is 18.2 Å². The van der Waals surface area contributed by atoms with Crippen LogP contribution in [0.4, 0.5) is 5.69 Å². The van der Waals surface area contributed by atoms with E-state index >= 15 is 0 Å². The molecule has 1 aromatic heterocycles. The minimum absolute atomic E-state index is 0. The van der Waals surface area contributed by atoms with Crippen molar-refractivity contribution in [2.24, 2.45) is 11.7 Å². The van der Waals surface area contributed by atoms with Crippen molar-refractivity contribution >= 4 is 47.4 Å². The molecule has 5 nitrogen and oxygen atoms in total. The SMILES string of the molecule is CC(C)C[C@H](N)C(=O)Nc1ccc2c(c1)nc1n2CCCCC1.Cl.Cl. The minimum atomic E-state index is -0.468. The molecule has 3 rings (SSSR count). The highest BCUT2D eigenvalue weighted by Gasteiger charge is 2.17. The van der Waals surface area contributed by atoms with Crippen LogP contribution in [0.2, 0.25) is 0 Å². The molecule has 2 aromatic rings. The van der Waals surface area contributed by atoms with Crippen molar-refractivity contribution in [1.82, 2.24) is 9.55 Å². The fourth-order valence-electron chi connectivity index (χ4n) is 3.28. The van der Waals surface area contributed by atoms with Crippen LogP contribution in [-0.2, 0) is 17.8 Å². The number of carbonyl (C=O) groups excluding carboxylic acids is 1. The number of halogens is 2. The maximum atomic E-state index is 12.2. The summed E-state index contributed by atoms with van der Waals surface area (Å²) in [5.41, 5.74) is 8.83. The number of carbonyl (C=O) groups is 1. The second kappa shape index (κ2) is 9.41. The maximum Gasteiger partial charge on any atom is 0.241 e. The number of benzene rings is 1. The number of aryl methyl sites for hydroxylation is 2. The highest BCUT2D eigenvalue weighted by atomic mass is 35.5. The molecule has 0 saturated heterocycles. The summed E-state index contributed by atoms with van der Waals surface area (Å²) in [5.74, 6) is 1.44. The third-order valence-corrected chi connectivity index (χ3v) is 4.44. The Labute approximate surface area is 161 Å². The molecule has 3 N–H and O–H groups in total. The Morgan fingerprint density at radius 3 is 2.76 bits per heavy atom. The van der Waals surface area contributed by atoms with Gasteiger partial charge in [0, 0.05) is 18.7 Å². The number of hydrogen-bond donors (Lipinski definition) is 2. The molecule has 0 aliphatic carbocycles. The van der Waals surface area contributed by atoms with Crippen LogP contribution in [0.1, 0.15) is 45.4 Å². The third-order valence-electron chi connectivity index (χ3n) is 4.44. The van der Waals surface area contributed by atoms with Crippen LogP contribution in [-0.4, -0.2) is 21.5 Å². The molecule has 0 fully saturated rings. The Morgan fingerprint density at radius 2 is 2.04 bits per heavy atom. The van der Waals surface area contributed by atoms with Gasteiger partial charge in [-0.25, -0.2) is 4.98 Å². The van der Waals surface area contributed by atoms with E-state index in [4.69, 9.17) is 10.7 Å². The van der Waals surface area contributed by atoms with E-state index < -0.39 is 6.04 Å². The summed E-state index contributed by atoms with van der Waals surface area (Å²) in [4.78, 5) is 16.9. The van der Waals surface area contributed by atoms with E-state index in [0.29, 0.717) is 12.3 Å². The first-order chi connectivity index (χ1) is 11.0. The molecular weight excluding hydrogens is 359 g/mol. The summed E-state index contributed by atoms with van der Waals surface area (Å²) >= 11 is 0. The van der Waals surface area contributed by atoms with Gasteiger partial charge in [0.1, 0.15) is 5.82 Å². The van der Waals surface area contributed by atoms with Gasteiger partial charge in [-0.15, -0.1) is 24.8 Å². The van der Waals surface area contributed by atoms with Crippen LogP contribution < -0.4 is 11.1 Å². The van der Waals surface area contributed by atoms with Gasteiger partial charge in [0.25, 0.3) is 0 Å². The molecule has 1 aliphatic heterocycles. The monoisotopic (exact) mass is 386 g/mol. The van der Waals surface area contributed by atoms with Crippen LogP contribution >= 0.6 is 24.8 Å². The van der Waals surface area contributed by atoms with Gasteiger partial charge >= 0.3 is 0 Å². The van der Waals surface area contributed by atoms with Crippen molar-refractivity contribution in [2.75, 3.05) is 5.32 Å². The molecule has 1 aromatic carbocycles. The van der Waals surface area contributed by atoms with Crippen LogP contribution in [0, 0.1) is 5.92 Å². The maximum absolute atomic E-state index is 12.2. The molecule has 2 heterocycles. The molecule has 0 spiro atoms. The van der Waals surface area contributed by atoms with Gasteiger partial charge in [-0.1, -0.05) is 20.3 Å². The molecule has 0 radical (unpaired) electrons. The second-order valence-electron chi connectivity index (χ2n) is 6.92. The largest absolute Gasteiger partial charge is 0.328 e. The predicted molar refractivity (Wildman–Crippen MR) is 108 cm³/mol. The van der Waals surface area contributed by atoms with Crippen molar-refractivity contribution in [1.29, 1.82) is 0 Å². The molecule has 1 amide bonds. The Balaban J connectivity index is 0.00000156. The van der Waals surface area contributed by atoms with Gasteiger partial charge in [-0.3, -0.25) is 4.79 Å². The lowest BCUT2D eigenvalue weighted by atomic mass is 10.0. The smallest absolute Gasteiger partial charge is 0.241 e. The lowest BCUT2D eigenvalue weighted by Gasteiger charge is -2.14. The molecular formula is C18H28Cl2N4O. The van der Waals surface area contributed by atoms with E-state index in [1.54, 1.807) is 0 Å². The quantitative estimate of drug-likeness (QED) is 0.835. The lowest BCUT2D eigenvalue weighted by molar-refractivity contribution is -0.117. The Kier molecular flexibility index (Phi) is 8.19. The predicted octanol–water partition coefficient (Wildman–Crippen LogP) is 3.92.